The van der Waals surface area contributed by atoms with Gasteiger partial charge in [0, 0.05) is 23.6 Å². The highest BCUT2D eigenvalue weighted by molar-refractivity contribution is 5.22. The summed E-state index contributed by atoms with van der Waals surface area (Å²) in [6, 6.07) is 13.5. The van der Waals surface area contributed by atoms with Crippen LogP contribution in [0.2, 0.25) is 0 Å². The molecule has 2 aromatic rings. The van der Waals surface area contributed by atoms with Gasteiger partial charge in [-0.15, -0.1) is 0 Å². The average molecular weight is 254 g/mol. The molecule has 0 saturated heterocycles. The van der Waals surface area contributed by atoms with Crippen molar-refractivity contribution in [2.45, 2.75) is 46.1 Å². The van der Waals surface area contributed by atoms with Gasteiger partial charge in [-0.1, -0.05) is 51.1 Å². The highest BCUT2D eigenvalue weighted by atomic mass is 15.0. The first-order valence-electron chi connectivity index (χ1n) is 7.37. The van der Waals surface area contributed by atoms with E-state index in [0.29, 0.717) is 6.04 Å². The fourth-order valence-corrected chi connectivity index (χ4v) is 2.74. The van der Waals surface area contributed by atoms with Gasteiger partial charge < -0.3 is 0 Å². The van der Waals surface area contributed by atoms with Crippen LogP contribution in [0.15, 0.2) is 48.8 Å². The molecule has 1 unspecified atom stereocenters. The van der Waals surface area contributed by atoms with Gasteiger partial charge in [0.05, 0.1) is 0 Å². The smallest absolute Gasteiger partial charge is 0.183 e. The fourth-order valence-electron chi connectivity index (χ4n) is 2.74. The molecular weight excluding hydrogens is 230 g/mol. The third-order valence-electron chi connectivity index (χ3n) is 3.86. The maximum Gasteiger partial charge on any atom is 0.183 e. The Balaban J connectivity index is 2.39. The van der Waals surface area contributed by atoms with Crippen LogP contribution >= 0.6 is 0 Å². The first kappa shape index (κ1) is 13.8. The molecule has 1 atom stereocenters. The van der Waals surface area contributed by atoms with E-state index in [1.807, 2.05) is 0 Å². The van der Waals surface area contributed by atoms with Gasteiger partial charge in [-0.25, -0.2) is 0 Å². The SMILES string of the molecule is CCc1cc[n+](C(CC)c2ccccc2)cc1CC. The normalized spacial score (nSPS) is 12.4. The van der Waals surface area contributed by atoms with Gasteiger partial charge in [-0.3, -0.25) is 0 Å². The zero-order chi connectivity index (χ0) is 13.7. The summed E-state index contributed by atoms with van der Waals surface area (Å²) in [4.78, 5) is 0. The van der Waals surface area contributed by atoms with E-state index in [9.17, 15) is 0 Å². The maximum atomic E-state index is 2.37. The Bertz CT molecular complexity index is 516. The first-order chi connectivity index (χ1) is 9.30. The van der Waals surface area contributed by atoms with Crippen molar-refractivity contribution in [1.29, 1.82) is 0 Å². The van der Waals surface area contributed by atoms with Crippen molar-refractivity contribution in [3.8, 4) is 0 Å². The van der Waals surface area contributed by atoms with Crippen LogP contribution in [0.5, 0.6) is 0 Å². The number of aryl methyl sites for hydroxylation is 2. The minimum absolute atomic E-state index is 0.442. The Morgan fingerprint density at radius 1 is 0.895 bits per heavy atom. The second-order valence-corrected chi connectivity index (χ2v) is 4.98. The van der Waals surface area contributed by atoms with Gasteiger partial charge in [0.25, 0.3) is 0 Å². The summed E-state index contributed by atoms with van der Waals surface area (Å²) in [6.07, 6.45) is 7.91. The number of hydrogen-bond acceptors (Lipinski definition) is 0. The lowest BCUT2D eigenvalue weighted by molar-refractivity contribution is -0.714. The largest absolute Gasteiger partial charge is 0.198 e. The first-order valence-corrected chi connectivity index (χ1v) is 7.37. The Morgan fingerprint density at radius 2 is 1.58 bits per heavy atom. The Hall–Kier alpha value is -1.63. The molecule has 100 valence electrons. The third-order valence-corrected chi connectivity index (χ3v) is 3.86. The van der Waals surface area contributed by atoms with Crippen LogP contribution in [0.1, 0.15) is 49.9 Å². The zero-order valence-electron chi connectivity index (χ0n) is 12.3. The molecule has 19 heavy (non-hydrogen) atoms. The molecule has 0 saturated carbocycles. The van der Waals surface area contributed by atoms with Crippen LogP contribution in [0.4, 0.5) is 0 Å². The molecule has 0 aliphatic heterocycles. The molecule has 0 spiro atoms. The summed E-state index contributed by atoms with van der Waals surface area (Å²) < 4.78 is 2.37. The summed E-state index contributed by atoms with van der Waals surface area (Å²) in [7, 11) is 0. The molecular formula is C18H24N+. The number of nitrogens with zero attached hydrogens (tertiary/aromatic N) is 1. The van der Waals surface area contributed by atoms with Crippen LogP contribution < -0.4 is 4.57 Å². The number of benzene rings is 1. The Kier molecular flexibility index (Phi) is 4.73. The van der Waals surface area contributed by atoms with E-state index in [1.165, 1.54) is 16.7 Å². The van der Waals surface area contributed by atoms with Gasteiger partial charge in [-0.05, 0) is 18.4 Å². The van der Waals surface area contributed by atoms with Gasteiger partial charge in [0.2, 0.25) is 0 Å². The molecule has 0 amide bonds. The van der Waals surface area contributed by atoms with E-state index in [0.717, 1.165) is 19.3 Å². The topological polar surface area (TPSA) is 3.88 Å². The molecule has 1 nitrogen and oxygen atoms in total. The van der Waals surface area contributed by atoms with Crippen LogP contribution in [0.25, 0.3) is 0 Å². The van der Waals surface area contributed by atoms with Gasteiger partial charge >= 0.3 is 0 Å². The van der Waals surface area contributed by atoms with Gasteiger partial charge in [0.15, 0.2) is 18.4 Å². The summed E-state index contributed by atoms with van der Waals surface area (Å²) in [5, 5.41) is 0. The third kappa shape index (κ3) is 3.04. The van der Waals surface area contributed by atoms with Crippen molar-refractivity contribution in [1.82, 2.24) is 0 Å². The molecule has 0 N–H and O–H groups in total. The maximum absolute atomic E-state index is 2.37. The minimum atomic E-state index is 0.442. The van der Waals surface area contributed by atoms with E-state index in [4.69, 9.17) is 0 Å². The molecule has 1 heteroatoms. The monoisotopic (exact) mass is 254 g/mol. The number of hydrogen-bond donors (Lipinski definition) is 0. The highest BCUT2D eigenvalue weighted by Gasteiger charge is 2.19. The van der Waals surface area contributed by atoms with Crippen LogP contribution in [-0.4, -0.2) is 0 Å². The standard InChI is InChI=1S/C18H24N/c1-4-15-12-13-19(14-16(15)5-2)18(6-3)17-10-8-7-9-11-17/h7-14,18H,4-6H2,1-3H3/q+1. The number of aromatic nitrogens is 1. The van der Waals surface area contributed by atoms with Crippen molar-refractivity contribution in [3.63, 3.8) is 0 Å². The number of pyridine rings is 1. The number of rotatable bonds is 5. The molecule has 0 aliphatic carbocycles. The molecule has 0 fully saturated rings. The van der Waals surface area contributed by atoms with E-state index >= 15 is 0 Å². The fraction of sp³-hybridized carbons (Fsp3) is 0.389. The van der Waals surface area contributed by atoms with Crippen molar-refractivity contribution in [2.75, 3.05) is 0 Å². The van der Waals surface area contributed by atoms with Gasteiger partial charge in [-0.2, -0.15) is 4.57 Å². The van der Waals surface area contributed by atoms with Crippen LogP contribution in [-0.2, 0) is 12.8 Å². The van der Waals surface area contributed by atoms with Crippen LogP contribution in [0, 0.1) is 0 Å². The minimum Gasteiger partial charge on any atom is -0.198 e. The van der Waals surface area contributed by atoms with E-state index < -0.39 is 0 Å². The summed E-state index contributed by atoms with van der Waals surface area (Å²) in [6.45, 7) is 6.72. The lowest BCUT2D eigenvalue weighted by Gasteiger charge is -2.13. The van der Waals surface area contributed by atoms with E-state index in [2.05, 4.69) is 74.1 Å². The van der Waals surface area contributed by atoms with E-state index in [1.54, 1.807) is 0 Å². The molecule has 0 aliphatic rings. The lowest BCUT2D eigenvalue weighted by atomic mass is 10.0. The summed E-state index contributed by atoms with van der Waals surface area (Å²) >= 11 is 0. The molecule has 1 aromatic heterocycles. The van der Waals surface area contributed by atoms with Crippen molar-refractivity contribution in [2.24, 2.45) is 0 Å². The predicted molar refractivity (Wildman–Crippen MR) is 80.3 cm³/mol. The summed E-state index contributed by atoms with van der Waals surface area (Å²) in [5.41, 5.74) is 4.34. The molecule has 1 heterocycles. The average Bonchev–Trinajstić information content (AvgIpc) is 2.49. The summed E-state index contributed by atoms with van der Waals surface area (Å²) in [5.74, 6) is 0. The predicted octanol–water partition coefficient (Wildman–Crippen LogP) is 4.10. The van der Waals surface area contributed by atoms with Crippen molar-refractivity contribution >= 4 is 0 Å². The zero-order valence-corrected chi connectivity index (χ0v) is 12.3. The Labute approximate surface area is 116 Å². The molecule has 0 radical (unpaired) electrons. The van der Waals surface area contributed by atoms with Crippen LogP contribution in [0.3, 0.4) is 0 Å². The second-order valence-electron chi connectivity index (χ2n) is 4.98. The molecule has 0 bridgehead atoms. The lowest BCUT2D eigenvalue weighted by Crippen LogP contribution is -2.39. The molecule has 2 rings (SSSR count). The molecule has 1 aromatic carbocycles. The van der Waals surface area contributed by atoms with E-state index in [-0.39, 0.29) is 0 Å². The van der Waals surface area contributed by atoms with Crippen molar-refractivity contribution in [3.05, 3.63) is 65.5 Å². The highest BCUT2D eigenvalue weighted by Crippen LogP contribution is 2.17. The Morgan fingerprint density at radius 3 is 2.16 bits per heavy atom. The second kappa shape index (κ2) is 6.51. The van der Waals surface area contributed by atoms with Gasteiger partial charge in [0.1, 0.15) is 0 Å². The quantitative estimate of drug-likeness (QED) is 0.707. The van der Waals surface area contributed by atoms with Crippen molar-refractivity contribution < 1.29 is 4.57 Å².